The number of rotatable bonds is 6. The van der Waals surface area contributed by atoms with Crippen molar-refractivity contribution in [2.75, 3.05) is 19.8 Å². The predicted octanol–water partition coefficient (Wildman–Crippen LogP) is 2.07. The maximum atomic E-state index is 6.12. The van der Waals surface area contributed by atoms with Crippen molar-refractivity contribution in [3.8, 4) is 0 Å². The molecule has 0 aromatic carbocycles. The van der Waals surface area contributed by atoms with Crippen molar-refractivity contribution in [1.82, 2.24) is 19.7 Å². The standard InChI is InChI=1S/C17H24N4O2S/c1-20-9-13(8-19-20)10-21-5-6-23-17-14(2-3-15(17)21)11-22-12-16-18-4-7-24-16/h4,7-9,14-15,17H,2-3,5-6,10-12H2,1H3/t14-,15+,17+/m0/s1. The second-order valence-electron chi connectivity index (χ2n) is 6.67. The number of hydrogen-bond acceptors (Lipinski definition) is 6. The van der Waals surface area contributed by atoms with Crippen molar-refractivity contribution in [1.29, 1.82) is 0 Å². The molecule has 2 fully saturated rings. The fourth-order valence-corrected chi connectivity index (χ4v) is 4.47. The number of nitrogens with zero attached hydrogens (tertiary/aromatic N) is 4. The van der Waals surface area contributed by atoms with Gasteiger partial charge in [-0.3, -0.25) is 9.58 Å². The molecule has 0 bridgehead atoms. The lowest BCUT2D eigenvalue weighted by Crippen LogP contribution is -2.50. The van der Waals surface area contributed by atoms with Gasteiger partial charge in [0.1, 0.15) is 5.01 Å². The van der Waals surface area contributed by atoms with Crippen LogP contribution < -0.4 is 0 Å². The Kier molecular flexibility index (Phi) is 4.93. The first-order chi connectivity index (χ1) is 11.8. The maximum Gasteiger partial charge on any atom is 0.118 e. The molecule has 24 heavy (non-hydrogen) atoms. The summed E-state index contributed by atoms with van der Waals surface area (Å²) in [5.41, 5.74) is 1.28. The summed E-state index contributed by atoms with van der Waals surface area (Å²) >= 11 is 1.65. The summed E-state index contributed by atoms with van der Waals surface area (Å²) in [6.07, 6.45) is 8.57. The fourth-order valence-electron chi connectivity index (χ4n) is 3.92. The minimum atomic E-state index is 0.298. The third-order valence-corrected chi connectivity index (χ3v) is 5.77. The lowest BCUT2D eigenvalue weighted by atomic mass is 10.0. The lowest BCUT2D eigenvalue weighted by Gasteiger charge is -2.39. The maximum absolute atomic E-state index is 6.12. The number of thiazole rings is 1. The summed E-state index contributed by atoms with van der Waals surface area (Å²) in [5.74, 6) is 0.492. The summed E-state index contributed by atoms with van der Waals surface area (Å²) in [5, 5.41) is 7.32. The molecule has 1 saturated carbocycles. The van der Waals surface area contributed by atoms with E-state index in [1.54, 1.807) is 11.3 Å². The molecule has 0 amide bonds. The third kappa shape index (κ3) is 3.54. The lowest BCUT2D eigenvalue weighted by molar-refractivity contribution is -0.0891. The van der Waals surface area contributed by atoms with Crippen LogP contribution in [0.1, 0.15) is 23.4 Å². The molecule has 130 valence electrons. The van der Waals surface area contributed by atoms with Crippen LogP contribution in [0.5, 0.6) is 0 Å². The Balaban J connectivity index is 1.32. The van der Waals surface area contributed by atoms with Gasteiger partial charge in [-0.15, -0.1) is 11.3 Å². The van der Waals surface area contributed by atoms with Gasteiger partial charge in [0.25, 0.3) is 0 Å². The normalized spacial score (nSPS) is 27.5. The van der Waals surface area contributed by atoms with Gasteiger partial charge in [0.15, 0.2) is 0 Å². The van der Waals surface area contributed by atoms with Crippen molar-refractivity contribution in [3.05, 3.63) is 34.5 Å². The van der Waals surface area contributed by atoms with E-state index in [0.29, 0.717) is 24.7 Å². The zero-order valence-corrected chi connectivity index (χ0v) is 14.8. The molecule has 1 aliphatic carbocycles. The zero-order valence-electron chi connectivity index (χ0n) is 14.0. The third-order valence-electron chi connectivity index (χ3n) is 5.02. The van der Waals surface area contributed by atoms with Crippen LogP contribution in [-0.4, -0.2) is 51.6 Å². The predicted molar refractivity (Wildman–Crippen MR) is 91.6 cm³/mol. The van der Waals surface area contributed by atoms with Gasteiger partial charge in [-0.2, -0.15) is 5.10 Å². The highest BCUT2D eigenvalue weighted by Crippen LogP contribution is 2.35. The van der Waals surface area contributed by atoms with Crippen molar-refractivity contribution in [3.63, 3.8) is 0 Å². The largest absolute Gasteiger partial charge is 0.375 e. The molecule has 1 saturated heterocycles. The molecular formula is C17H24N4O2S. The van der Waals surface area contributed by atoms with Gasteiger partial charge in [-0.1, -0.05) is 0 Å². The van der Waals surface area contributed by atoms with E-state index in [4.69, 9.17) is 9.47 Å². The summed E-state index contributed by atoms with van der Waals surface area (Å²) in [4.78, 5) is 6.83. The quantitative estimate of drug-likeness (QED) is 0.800. The molecule has 4 rings (SSSR count). The molecule has 2 aliphatic rings. The van der Waals surface area contributed by atoms with Crippen LogP contribution in [0.25, 0.3) is 0 Å². The van der Waals surface area contributed by atoms with Crippen LogP contribution in [0.15, 0.2) is 24.0 Å². The van der Waals surface area contributed by atoms with Gasteiger partial charge in [0, 0.05) is 55.4 Å². The van der Waals surface area contributed by atoms with E-state index in [1.807, 2.05) is 29.5 Å². The minimum Gasteiger partial charge on any atom is -0.375 e. The molecule has 0 N–H and O–H groups in total. The summed E-state index contributed by atoms with van der Waals surface area (Å²) in [6.45, 7) is 4.16. The molecule has 0 radical (unpaired) electrons. The molecule has 0 spiro atoms. The van der Waals surface area contributed by atoms with Crippen molar-refractivity contribution in [2.24, 2.45) is 13.0 Å². The van der Waals surface area contributed by atoms with E-state index in [0.717, 1.165) is 31.3 Å². The summed E-state index contributed by atoms with van der Waals surface area (Å²) in [6, 6.07) is 0.507. The molecule has 3 heterocycles. The molecule has 0 unspecified atom stereocenters. The first-order valence-electron chi connectivity index (χ1n) is 8.59. The van der Waals surface area contributed by atoms with Gasteiger partial charge in [-0.05, 0) is 12.8 Å². The topological polar surface area (TPSA) is 52.4 Å². The Hall–Kier alpha value is -1.28. The highest BCUT2D eigenvalue weighted by atomic mass is 32.1. The smallest absolute Gasteiger partial charge is 0.118 e. The average Bonchev–Trinajstić information content (AvgIpc) is 3.30. The molecule has 2 aromatic heterocycles. The molecule has 1 aliphatic heterocycles. The second-order valence-corrected chi connectivity index (χ2v) is 7.65. The van der Waals surface area contributed by atoms with Crippen LogP contribution >= 0.6 is 11.3 Å². The fraction of sp³-hybridized carbons (Fsp3) is 0.647. The van der Waals surface area contributed by atoms with E-state index in [9.17, 15) is 0 Å². The molecule has 7 heteroatoms. The highest BCUT2D eigenvalue weighted by molar-refractivity contribution is 7.09. The van der Waals surface area contributed by atoms with Crippen LogP contribution in [0.3, 0.4) is 0 Å². The zero-order chi connectivity index (χ0) is 16.4. The van der Waals surface area contributed by atoms with E-state index in [2.05, 4.69) is 21.2 Å². The van der Waals surface area contributed by atoms with Gasteiger partial charge in [-0.25, -0.2) is 4.98 Å². The minimum absolute atomic E-state index is 0.298. The van der Waals surface area contributed by atoms with Gasteiger partial charge >= 0.3 is 0 Å². The number of fused-ring (bicyclic) bond motifs is 1. The second kappa shape index (κ2) is 7.31. The van der Waals surface area contributed by atoms with Crippen molar-refractivity contribution in [2.45, 2.75) is 38.1 Å². The molecular weight excluding hydrogens is 324 g/mol. The summed E-state index contributed by atoms with van der Waals surface area (Å²) < 4.78 is 13.9. The first kappa shape index (κ1) is 16.2. The van der Waals surface area contributed by atoms with Crippen LogP contribution in [-0.2, 0) is 29.7 Å². The van der Waals surface area contributed by atoms with E-state index >= 15 is 0 Å². The average molecular weight is 348 g/mol. The van der Waals surface area contributed by atoms with E-state index in [1.165, 1.54) is 18.4 Å². The van der Waals surface area contributed by atoms with Gasteiger partial charge in [0.2, 0.25) is 0 Å². The van der Waals surface area contributed by atoms with Crippen molar-refractivity contribution >= 4 is 11.3 Å². The van der Waals surface area contributed by atoms with Crippen molar-refractivity contribution < 1.29 is 9.47 Å². The SMILES string of the molecule is Cn1cc(CN2CCO[C@@H]3[C@H](COCc4nccs4)CC[C@H]32)cn1. The Morgan fingerprint density at radius 2 is 2.38 bits per heavy atom. The molecule has 2 aromatic rings. The first-order valence-corrected chi connectivity index (χ1v) is 9.47. The number of aromatic nitrogens is 3. The van der Waals surface area contributed by atoms with Gasteiger partial charge in [0.05, 0.1) is 32.1 Å². The Labute approximate surface area is 146 Å². The monoisotopic (exact) mass is 348 g/mol. The molecule has 6 nitrogen and oxygen atoms in total. The van der Waals surface area contributed by atoms with Crippen LogP contribution in [0.2, 0.25) is 0 Å². The number of hydrogen-bond donors (Lipinski definition) is 0. The number of aryl methyl sites for hydroxylation is 1. The highest BCUT2D eigenvalue weighted by Gasteiger charge is 2.42. The van der Waals surface area contributed by atoms with E-state index < -0.39 is 0 Å². The van der Waals surface area contributed by atoms with Crippen LogP contribution in [0.4, 0.5) is 0 Å². The number of ether oxygens (including phenoxy) is 2. The Morgan fingerprint density at radius 1 is 1.42 bits per heavy atom. The Bertz CT molecular complexity index is 645. The molecule has 3 atom stereocenters. The van der Waals surface area contributed by atoms with Crippen LogP contribution in [0, 0.1) is 5.92 Å². The Morgan fingerprint density at radius 3 is 3.17 bits per heavy atom. The van der Waals surface area contributed by atoms with E-state index in [-0.39, 0.29) is 0 Å². The summed E-state index contributed by atoms with van der Waals surface area (Å²) in [7, 11) is 1.97. The van der Waals surface area contributed by atoms with Gasteiger partial charge < -0.3 is 9.47 Å². The number of morpholine rings is 1.